The van der Waals surface area contributed by atoms with Crippen molar-refractivity contribution in [3.05, 3.63) is 71.2 Å². The van der Waals surface area contributed by atoms with Crippen LogP contribution in [0.25, 0.3) is 11.3 Å². The van der Waals surface area contributed by atoms with Crippen molar-refractivity contribution >= 4 is 17.5 Å². The van der Waals surface area contributed by atoms with Gasteiger partial charge in [-0.25, -0.2) is 4.39 Å². The van der Waals surface area contributed by atoms with Gasteiger partial charge in [0.1, 0.15) is 5.82 Å². The first-order valence-electron chi connectivity index (χ1n) is 12.6. The van der Waals surface area contributed by atoms with Crippen LogP contribution in [0.1, 0.15) is 80.2 Å². The van der Waals surface area contributed by atoms with Gasteiger partial charge in [-0.3, -0.25) is 14.3 Å². The standard InChI is InChI=1S/C29H35FN4O2/c1-18-10-15-23(16-24(18)28(36)33-19(2)8-7-9-20(33)3)32-27(35)25-17-31-34(29(4,5)6)26(25)21-11-13-22(30)14-12-21/h10-17,19-20H,7-9H2,1-6H3,(H,32,35). The largest absolute Gasteiger partial charge is 0.333 e. The molecule has 1 N–H and O–H groups in total. The third kappa shape index (κ3) is 5.06. The van der Waals surface area contributed by atoms with Gasteiger partial charge in [0, 0.05) is 28.9 Å². The normalized spacial score (nSPS) is 18.2. The van der Waals surface area contributed by atoms with Crippen LogP contribution in [-0.4, -0.2) is 38.6 Å². The first-order chi connectivity index (χ1) is 17.0. The molecule has 0 bridgehead atoms. The number of piperidine rings is 1. The van der Waals surface area contributed by atoms with Crippen LogP contribution in [0, 0.1) is 12.7 Å². The Balaban J connectivity index is 1.66. The number of hydrogen-bond acceptors (Lipinski definition) is 3. The molecule has 2 aromatic carbocycles. The predicted molar refractivity (Wildman–Crippen MR) is 141 cm³/mol. The SMILES string of the molecule is Cc1ccc(NC(=O)c2cnn(C(C)(C)C)c2-c2ccc(F)cc2)cc1C(=O)N1C(C)CCCC1C. The van der Waals surface area contributed by atoms with E-state index in [0.29, 0.717) is 28.1 Å². The lowest BCUT2D eigenvalue weighted by atomic mass is 9.95. The van der Waals surface area contributed by atoms with Crippen LogP contribution in [0.15, 0.2) is 48.7 Å². The van der Waals surface area contributed by atoms with E-state index in [1.165, 1.54) is 18.3 Å². The van der Waals surface area contributed by atoms with Gasteiger partial charge in [0.15, 0.2) is 0 Å². The maximum absolute atomic E-state index is 13.6. The zero-order chi connectivity index (χ0) is 26.2. The zero-order valence-electron chi connectivity index (χ0n) is 21.9. The first kappa shape index (κ1) is 25.6. The second kappa shape index (κ2) is 9.88. The van der Waals surface area contributed by atoms with Crippen molar-refractivity contribution in [2.45, 2.75) is 78.4 Å². The lowest BCUT2D eigenvalue weighted by Crippen LogP contribution is -2.47. The summed E-state index contributed by atoms with van der Waals surface area (Å²) in [6.07, 6.45) is 4.65. The van der Waals surface area contributed by atoms with Gasteiger partial charge < -0.3 is 10.2 Å². The second-order valence-electron chi connectivity index (χ2n) is 10.8. The van der Waals surface area contributed by atoms with Crippen LogP contribution in [0.4, 0.5) is 10.1 Å². The number of amides is 2. The van der Waals surface area contributed by atoms with Gasteiger partial charge in [-0.1, -0.05) is 6.07 Å². The summed E-state index contributed by atoms with van der Waals surface area (Å²) in [5, 5.41) is 7.44. The highest BCUT2D eigenvalue weighted by Crippen LogP contribution is 2.31. The van der Waals surface area contributed by atoms with Crippen molar-refractivity contribution in [2.24, 2.45) is 0 Å². The number of hydrogen-bond donors (Lipinski definition) is 1. The molecular weight excluding hydrogens is 455 g/mol. The molecule has 1 aromatic heterocycles. The summed E-state index contributed by atoms with van der Waals surface area (Å²) in [5.41, 5.74) is 3.30. The van der Waals surface area contributed by atoms with Crippen LogP contribution in [0.5, 0.6) is 0 Å². The zero-order valence-corrected chi connectivity index (χ0v) is 21.9. The minimum Gasteiger partial charge on any atom is -0.333 e. The van der Waals surface area contributed by atoms with Gasteiger partial charge in [0.2, 0.25) is 0 Å². The fourth-order valence-corrected chi connectivity index (χ4v) is 5.00. The van der Waals surface area contributed by atoms with Crippen molar-refractivity contribution in [2.75, 3.05) is 5.32 Å². The van der Waals surface area contributed by atoms with Gasteiger partial charge >= 0.3 is 0 Å². The quantitative estimate of drug-likeness (QED) is 0.460. The Labute approximate surface area is 212 Å². The minimum absolute atomic E-state index is 0.00384. The van der Waals surface area contributed by atoms with E-state index in [1.807, 2.05) is 38.7 Å². The van der Waals surface area contributed by atoms with Crippen LogP contribution in [-0.2, 0) is 5.54 Å². The molecular formula is C29H35FN4O2. The summed E-state index contributed by atoms with van der Waals surface area (Å²) in [5.74, 6) is -0.691. The van der Waals surface area contributed by atoms with Gasteiger partial charge in [-0.2, -0.15) is 5.10 Å². The van der Waals surface area contributed by atoms with Crippen LogP contribution in [0.3, 0.4) is 0 Å². The molecule has 4 rings (SSSR count). The first-order valence-corrected chi connectivity index (χ1v) is 12.6. The third-order valence-electron chi connectivity index (χ3n) is 6.92. The van der Waals surface area contributed by atoms with Crippen molar-refractivity contribution in [1.82, 2.24) is 14.7 Å². The maximum Gasteiger partial charge on any atom is 0.259 e. The van der Waals surface area contributed by atoms with Crippen molar-refractivity contribution in [3.8, 4) is 11.3 Å². The Morgan fingerprint density at radius 2 is 1.64 bits per heavy atom. The summed E-state index contributed by atoms with van der Waals surface area (Å²) in [6, 6.07) is 11.8. The van der Waals surface area contributed by atoms with E-state index >= 15 is 0 Å². The minimum atomic E-state index is -0.395. The number of rotatable bonds is 4. The molecule has 0 radical (unpaired) electrons. The Kier molecular flexibility index (Phi) is 7.03. The molecule has 0 aliphatic carbocycles. The molecule has 36 heavy (non-hydrogen) atoms. The topological polar surface area (TPSA) is 67.2 Å². The number of benzene rings is 2. The number of carbonyl (C=O) groups is 2. The lowest BCUT2D eigenvalue weighted by Gasteiger charge is -2.39. The van der Waals surface area contributed by atoms with E-state index in [-0.39, 0.29) is 29.7 Å². The molecule has 190 valence electrons. The number of aryl methyl sites for hydroxylation is 1. The molecule has 2 amide bonds. The summed E-state index contributed by atoms with van der Waals surface area (Å²) in [4.78, 5) is 28.9. The average molecular weight is 491 g/mol. The second-order valence-corrected chi connectivity index (χ2v) is 10.8. The van der Waals surface area contributed by atoms with Crippen LogP contribution >= 0.6 is 0 Å². The van der Waals surface area contributed by atoms with E-state index in [2.05, 4.69) is 24.3 Å². The number of nitrogens with zero attached hydrogens (tertiary/aromatic N) is 3. The number of nitrogens with one attached hydrogen (secondary N) is 1. The molecule has 3 aromatic rings. The number of likely N-dealkylation sites (tertiary alicyclic amines) is 1. The van der Waals surface area contributed by atoms with Gasteiger partial charge in [0.25, 0.3) is 11.8 Å². The molecule has 2 atom stereocenters. The molecule has 0 saturated carbocycles. The number of halogens is 1. The van der Waals surface area contributed by atoms with Crippen molar-refractivity contribution in [3.63, 3.8) is 0 Å². The molecule has 1 fully saturated rings. The van der Waals surface area contributed by atoms with E-state index < -0.39 is 5.54 Å². The smallest absolute Gasteiger partial charge is 0.259 e. The Hall–Kier alpha value is -3.48. The number of anilines is 1. The monoisotopic (exact) mass is 490 g/mol. The Morgan fingerprint density at radius 3 is 2.25 bits per heavy atom. The van der Waals surface area contributed by atoms with Gasteiger partial charge in [0.05, 0.1) is 23.0 Å². The third-order valence-corrected chi connectivity index (χ3v) is 6.92. The van der Waals surface area contributed by atoms with E-state index in [0.717, 1.165) is 24.8 Å². The highest BCUT2D eigenvalue weighted by molar-refractivity contribution is 6.08. The fraction of sp³-hybridized carbons (Fsp3) is 0.414. The highest BCUT2D eigenvalue weighted by Gasteiger charge is 2.31. The molecule has 1 aliphatic heterocycles. The highest BCUT2D eigenvalue weighted by atomic mass is 19.1. The average Bonchev–Trinajstić information content (AvgIpc) is 3.27. The molecule has 1 aliphatic rings. The van der Waals surface area contributed by atoms with E-state index in [4.69, 9.17) is 0 Å². The molecule has 1 saturated heterocycles. The predicted octanol–water partition coefficient (Wildman–Crippen LogP) is 6.41. The number of carbonyl (C=O) groups excluding carboxylic acids is 2. The Morgan fingerprint density at radius 1 is 1.00 bits per heavy atom. The summed E-state index contributed by atoms with van der Waals surface area (Å²) >= 11 is 0. The number of aromatic nitrogens is 2. The lowest BCUT2D eigenvalue weighted by molar-refractivity contribution is 0.0510. The summed E-state index contributed by atoms with van der Waals surface area (Å²) in [6.45, 7) is 12.1. The van der Waals surface area contributed by atoms with E-state index in [1.54, 1.807) is 28.9 Å². The van der Waals surface area contributed by atoms with Gasteiger partial charge in [-0.05, 0) is 103 Å². The summed E-state index contributed by atoms with van der Waals surface area (Å²) in [7, 11) is 0. The molecule has 2 unspecified atom stereocenters. The van der Waals surface area contributed by atoms with E-state index in [9.17, 15) is 14.0 Å². The molecule has 0 spiro atoms. The molecule has 6 nitrogen and oxygen atoms in total. The maximum atomic E-state index is 13.6. The molecule has 7 heteroatoms. The summed E-state index contributed by atoms with van der Waals surface area (Å²) < 4.78 is 15.4. The fourth-order valence-electron chi connectivity index (χ4n) is 5.00. The van der Waals surface area contributed by atoms with Crippen molar-refractivity contribution < 1.29 is 14.0 Å². The van der Waals surface area contributed by atoms with Crippen molar-refractivity contribution in [1.29, 1.82) is 0 Å². The molecule has 2 heterocycles. The van der Waals surface area contributed by atoms with Crippen LogP contribution in [0.2, 0.25) is 0 Å². The Bertz CT molecular complexity index is 1260. The van der Waals surface area contributed by atoms with Crippen LogP contribution < -0.4 is 5.32 Å². The van der Waals surface area contributed by atoms with Gasteiger partial charge in [-0.15, -0.1) is 0 Å².